The number of nitrogens with one attached hydrogen (secondary N) is 1. The molecule has 0 amide bonds. The smallest absolute Gasteiger partial charge is 0.221 e. The van der Waals surface area contributed by atoms with Crippen molar-refractivity contribution >= 4 is 17.2 Å². The van der Waals surface area contributed by atoms with E-state index in [1.54, 1.807) is 11.3 Å². The second-order valence-electron chi connectivity index (χ2n) is 4.54. The van der Waals surface area contributed by atoms with Crippen LogP contribution >= 0.6 is 11.3 Å². The van der Waals surface area contributed by atoms with Gasteiger partial charge < -0.3 is 10.1 Å². The zero-order valence-electron chi connectivity index (χ0n) is 12.1. The molecule has 2 heterocycles. The standard InChI is InChI=1S/C14H20N4OS/c1-4-6-15-13-10(2)14(17-8-16-13)19-7-5-12-11(3)18-9-20-12/h8-9H,4-7H2,1-3H3,(H,15,16,17). The third kappa shape index (κ3) is 3.66. The summed E-state index contributed by atoms with van der Waals surface area (Å²) in [6, 6.07) is 0. The Labute approximate surface area is 123 Å². The molecule has 2 aromatic rings. The fraction of sp³-hybridized carbons (Fsp3) is 0.500. The Kier molecular flexibility index (Phi) is 5.29. The zero-order valence-corrected chi connectivity index (χ0v) is 13.0. The predicted molar refractivity (Wildman–Crippen MR) is 81.6 cm³/mol. The van der Waals surface area contributed by atoms with Crippen molar-refractivity contribution in [2.75, 3.05) is 18.5 Å². The molecule has 2 aromatic heterocycles. The molecule has 0 atom stereocenters. The molecular weight excluding hydrogens is 272 g/mol. The normalized spacial score (nSPS) is 10.6. The van der Waals surface area contributed by atoms with Gasteiger partial charge in [-0.25, -0.2) is 15.0 Å². The first-order valence-corrected chi connectivity index (χ1v) is 7.67. The van der Waals surface area contributed by atoms with Crippen LogP contribution in [0.4, 0.5) is 5.82 Å². The summed E-state index contributed by atoms with van der Waals surface area (Å²) in [5.41, 5.74) is 3.91. The van der Waals surface area contributed by atoms with Crippen molar-refractivity contribution in [3.05, 3.63) is 28.0 Å². The molecule has 0 saturated carbocycles. The van der Waals surface area contributed by atoms with Crippen molar-refractivity contribution in [3.63, 3.8) is 0 Å². The molecule has 0 saturated heterocycles. The number of aromatic nitrogens is 3. The Balaban J connectivity index is 1.94. The minimum atomic E-state index is 0.605. The van der Waals surface area contributed by atoms with E-state index in [1.165, 1.54) is 11.2 Å². The molecule has 6 heteroatoms. The van der Waals surface area contributed by atoms with E-state index in [1.807, 2.05) is 19.4 Å². The molecule has 0 aliphatic carbocycles. The van der Waals surface area contributed by atoms with Crippen LogP contribution in [0.25, 0.3) is 0 Å². The van der Waals surface area contributed by atoms with Crippen LogP contribution < -0.4 is 10.1 Å². The summed E-state index contributed by atoms with van der Waals surface area (Å²) in [6.07, 6.45) is 3.46. The number of rotatable bonds is 7. The van der Waals surface area contributed by atoms with E-state index in [4.69, 9.17) is 4.74 Å². The fourth-order valence-electron chi connectivity index (χ4n) is 1.81. The van der Waals surface area contributed by atoms with Gasteiger partial charge in [0.25, 0.3) is 0 Å². The summed E-state index contributed by atoms with van der Waals surface area (Å²) < 4.78 is 5.77. The SMILES string of the molecule is CCCNc1ncnc(OCCc2scnc2C)c1C. The molecule has 0 bridgehead atoms. The van der Waals surface area contributed by atoms with Gasteiger partial charge in [0.1, 0.15) is 12.1 Å². The zero-order chi connectivity index (χ0) is 14.4. The van der Waals surface area contributed by atoms with E-state index in [2.05, 4.69) is 27.2 Å². The lowest BCUT2D eigenvalue weighted by Crippen LogP contribution is -2.08. The van der Waals surface area contributed by atoms with Gasteiger partial charge in [0.15, 0.2) is 0 Å². The molecule has 108 valence electrons. The quantitative estimate of drug-likeness (QED) is 0.850. The van der Waals surface area contributed by atoms with Gasteiger partial charge in [-0.05, 0) is 20.3 Å². The average Bonchev–Trinajstić information content (AvgIpc) is 2.85. The maximum absolute atomic E-state index is 5.77. The number of ether oxygens (including phenoxy) is 1. The summed E-state index contributed by atoms with van der Waals surface area (Å²) in [5, 5.41) is 3.28. The second-order valence-corrected chi connectivity index (χ2v) is 5.48. The summed E-state index contributed by atoms with van der Waals surface area (Å²) in [4.78, 5) is 13.9. The summed E-state index contributed by atoms with van der Waals surface area (Å²) in [6.45, 7) is 7.63. The Bertz CT molecular complexity index is 556. The van der Waals surface area contributed by atoms with Crippen molar-refractivity contribution < 1.29 is 4.74 Å². The topological polar surface area (TPSA) is 59.9 Å². The maximum Gasteiger partial charge on any atom is 0.221 e. The van der Waals surface area contributed by atoms with E-state index in [0.717, 1.165) is 36.5 Å². The van der Waals surface area contributed by atoms with Gasteiger partial charge >= 0.3 is 0 Å². The van der Waals surface area contributed by atoms with Crippen LogP contribution in [-0.4, -0.2) is 28.1 Å². The van der Waals surface area contributed by atoms with Crippen molar-refractivity contribution in [1.29, 1.82) is 0 Å². The number of aryl methyl sites for hydroxylation is 1. The highest BCUT2D eigenvalue weighted by molar-refractivity contribution is 7.09. The Morgan fingerprint density at radius 2 is 2.10 bits per heavy atom. The van der Waals surface area contributed by atoms with E-state index >= 15 is 0 Å². The Morgan fingerprint density at radius 3 is 2.80 bits per heavy atom. The molecular formula is C14H20N4OS. The van der Waals surface area contributed by atoms with Crippen molar-refractivity contribution in [2.24, 2.45) is 0 Å². The van der Waals surface area contributed by atoms with Crippen LogP contribution in [0.5, 0.6) is 5.88 Å². The summed E-state index contributed by atoms with van der Waals surface area (Å²) in [7, 11) is 0. The molecule has 0 unspecified atom stereocenters. The minimum Gasteiger partial charge on any atom is -0.477 e. The predicted octanol–water partition coefficient (Wildman–Crippen LogP) is 2.99. The Hall–Kier alpha value is -1.69. The highest BCUT2D eigenvalue weighted by Gasteiger charge is 2.08. The fourth-order valence-corrected chi connectivity index (χ4v) is 2.57. The number of hydrogen-bond donors (Lipinski definition) is 1. The van der Waals surface area contributed by atoms with Crippen LogP contribution in [0.3, 0.4) is 0 Å². The van der Waals surface area contributed by atoms with Gasteiger partial charge in [0, 0.05) is 17.8 Å². The molecule has 20 heavy (non-hydrogen) atoms. The van der Waals surface area contributed by atoms with Crippen LogP contribution in [0.15, 0.2) is 11.8 Å². The lowest BCUT2D eigenvalue weighted by atomic mass is 10.3. The molecule has 0 aromatic carbocycles. The number of nitrogens with zero attached hydrogens (tertiary/aromatic N) is 3. The maximum atomic E-state index is 5.77. The van der Waals surface area contributed by atoms with Gasteiger partial charge in [-0.2, -0.15) is 0 Å². The third-order valence-corrected chi connectivity index (χ3v) is 3.99. The second kappa shape index (κ2) is 7.19. The van der Waals surface area contributed by atoms with E-state index < -0.39 is 0 Å². The van der Waals surface area contributed by atoms with E-state index in [9.17, 15) is 0 Å². The van der Waals surface area contributed by atoms with Crippen LogP contribution in [0, 0.1) is 13.8 Å². The molecule has 2 rings (SSSR count). The molecule has 0 aliphatic heterocycles. The average molecular weight is 292 g/mol. The highest BCUT2D eigenvalue weighted by Crippen LogP contribution is 2.21. The van der Waals surface area contributed by atoms with Gasteiger partial charge in [-0.1, -0.05) is 6.92 Å². The first-order chi connectivity index (χ1) is 9.72. The van der Waals surface area contributed by atoms with Crippen molar-refractivity contribution in [3.8, 4) is 5.88 Å². The van der Waals surface area contributed by atoms with Crippen molar-refractivity contribution in [1.82, 2.24) is 15.0 Å². The number of thiazole rings is 1. The molecule has 0 radical (unpaired) electrons. The van der Waals surface area contributed by atoms with E-state index in [0.29, 0.717) is 12.5 Å². The molecule has 1 N–H and O–H groups in total. The number of hydrogen-bond acceptors (Lipinski definition) is 6. The third-order valence-electron chi connectivity index (χ3n) is 2.99. The van der Waals surface area contributed by atoms with Crippen LogP contribution in [0.2, 0.25) is 0 Å². The first kappa shape index (κ1) is 14.7. The molecule has 0 aliphatic rings. The summed E-state index contributed by atoms with van der Waals surface area (Å²) >= 11 is 1.67. The Morgan fingerprint density at radius 1 is 1.25 bits per heavy atom. The molecule has 0 fully saturated rings. The van der Waals surface area contributed by atoms with Gasteiger partial charge in [0.2, 0.25) is 5.88 Å². The van der Waals surface area contributed by atoms with Crippen LogP contribution in [0.1, 0.15) is 29.5 Å². The lowest BCUT2D eigenvalue weighted by molar-refractivity contribution is 0.307. The first-order valence-electron chi connectivity index (χ1n) is 6.79. The lowest BCUT2D eigenvalue weighted by Gasteiger charge is -2.11. The van der Waals surface area contributed by atoms with Gasteiger partial charge in [-0.3, -0.25) is 0 Å². The van der Waals surface area contributed by atoms with Gasteiger partial charge in [-0.15, -0.1) is 11.3 Å². The van der Waals surface area contributed by atoms with Gasteiger partial charge in [0.05, 0.1) is 23.4 Å². The van der Waals surface area contributed by atoms with Crippen molar-refractivity contribution in [2.45, 2.75) is 33.6 Å². The molecule has 5 nitrogen and oxygen atoms in total. The summed E-state index contributed by atoms with van der Waals surface area (Å²) in [5.74, 6) is 1.51. The molecule has 0 spiro atoms. The minimum absolute atomic E-state index is 0.605. The monoisotopic (exact) mass is 292 g/mol. The highest BCUT2D eigenvalue weighted by atomic mass is 32.1. The largest absolute Gasteiger partial charge is 0.477 e. The number of anilines is 1. The van der Waals surface area contributed by atoms with E-state index in [-0.39, 0.29) is 0 Å². The van der Waals surface area contributed by atoms with Crippen LogP contribution in [-0.2, 0) is 6.42 Å².